The van der Waals surface area contributed by atoms with Crippen LogP contribution in [0.1, 0.15) is 24.5 Å². The molecule has 7 heteroatoms. The van der Waals surface area contributed by atoms with Crippen LogP contribution in [-0.4, -0.2) is 23.3 Å². The van der Waals surface area contributed by atoms with E-state index >= 15 is 0 Å². The number of fused-ring (bicyclic) bond motifs is 1. The lowest BCUT2D eigenvalue weighted by molar-refractivity contribution is -0.384. The summed E-state index contributed by atoms with van der Waals surface area (Å²) in [6, 6.07) is 11.5. The molecule has 2 aromatic rings. The minimum absolute atomic E-state index is 0.00105. The lowest BCUT2D eigenvalue weighted by atomic mass is 10.0. The Labute approximate surface area is 150 Å². The van der Waals surface area contributed by atoms with Crippen LogP contribution in [0.15, 0.2) is 42.5 Å². The van der Waals surface area contributed by atoms with E-state index in [2.05, 4.69) is 5.32 Å². The maximum atomic E-state index is 12.2. The number of anilines is 2. The van der Waals surface area contributed by atoms with Crippen molar-refractivity contribution >= 4 is 28.9 Å². The molecule has 2 aromatic carbocycles. The molecule has 0 unspecified atom stereocenters. The Kier molecular flexibility index (Phi) is 4.97. The van der Waals surface area contributed by atoms with Crippen LogP contribution >= 0.6 is 0 Å². The quantitative estimate of drug-likeness (QED) is 0.660. The van der Waals surface area contributed by atoms with Crippen molar-refractivity contribution in [2.75, 3.05) is 16.8 Å². The van der Waals surface area contributed by atoms with Gasteiger partial charge in [-0.3, -0.25) is 19.7 Å². The van der Waals surface area contributed by atoms with Gasteiger partial charge in [-0.25, -0.2) is 0 Å². The van der Waals surface area contributed by atoms with Crippen LogP contribution in [-0.2, 0) is 22.4 Å². The van der Waals surface area contributed by atoms with Gasteiger partial charge in [0.25, 0.3) is 5.69 Å². The molecule has 0 saturated carbocycles. The minimum Gasteiger partial charge on any atom is -0.326 e. The number of carbonyl (C=O) groups excluding carboxylic acids is 2. The zero-order valence-electron chi connectivity index (χ0n) is 14.4. The third kappa shape index (κ3) is 3.72. The highest BCUT2D eigenvalue weighted by atomic mass is 16.6. The Hall–Kier alpha value is -3.22. The summed E-state index contributed by atoms with van der Waals surface area (Å²) in [5.41, 5.74) is 3.32. The van der Waals surface area contributed by atoms with E-state index in [0.717, 1.165) is 11.3 Å². The highest BCUT2D eigenvalue weighted by Crippen LogP contribution is 2.30. The van der Waals surface area contributed by atoms with Crippen molar-refractivity contribution in [3.8, 4) is 0 Å². The number of rotatable bonds is 5. The number of non-ortho nitro benzene ring substituents is 1. The predicted octanol–water partition coefficient (Wildman–Crippen LogP) is 3.08. The van der Waals surface area contributed by atoms with Gasteiger partial charge >= 0.3 is 0 Å². The average molecular weight is 353 g/mol. The van der Waals surface area contributed by atoms with Gasteiger partial charge in [0.1, 0.15) is 0 Å². The summed E-state index contributed by atoms with van der Waals surface area (Å²) in [6.07, 6.45) is 1.27. The molecular weight excluding hydrogens is 334 g/mol. The van der Waals surface area contributed by atoms with Crippen LogP contribution < -0.4 is 10.2 Å². The molecule has 7 nitrogen and oxygen atoms in total. The third-order valence-electron chi connectivity index (χ3n) is 4.39. The smallest absolute Gasteiger partial charge is 0.269 e. The topological polar surface area (TPSA) is 92.6 Å². The molecule has 0 radical (unpaired) electrons. The normalized spacial score (nSPS) is 13.3. The number of nitro groups is 1. The van der Waals surface area contributed by atoms with Gasteiger partial charge in [-0.05, 0) is 42.7 Å². The Morgan fingerprint density at radius 3 is 2.58 bits per heavy atom. The fraction of sp³-hybridized carbons (Fsp3) is 0.263. The number of hydrogen-bond acceptors (Lipinski definition) is 4. The highest BCUT2D eigenvalue weighted by Gasteiger charge is 2.23. The largest absolute Gasteiger partial charge is 0.326 e. The third-order valence-corrected chi connectivity index (χ3v) is 4.39. The van der Waals surface area contributed by atoms with E-state index in [-0.39, 0.29) is 23.9 Å². The standard InChI is InChI=1S/C19H19N3O4/c1-2-21-17-9-6-15(12-14(17)5-10-19(21)24)20-18(23)11-13-3-7-16(8-4-13)22(25)26/h3-4,6-9,12H,2,5,10-11H2,1H3,(H,20,23). The maximum absolute atomic E-state index is 12.2. The number of benzene rings is 2. The second-order valence-corrected chi connectivity index (χ2v) is 6.13. The van der Waals surface area contributed by atoms with Crippen molar-refractivity contribution in [3.63, 3.8) is 0 Å². The fourth-order valence-corrected chi connectivity index (χ4v) is 3.11. The summed E-state index contributed by atoms with van der Waals surface area (Å²) >= 11 is 0. The molecule has 26 heavy (non-hydrogen) atoms. The van der Waals surface area contributed by atoms with E-state index in [4.69, 9.17) is 0 Å². The van der Waals surface area contributed by atoms with Crippen molar-refractivity contribution in [2.45, 2.75) is 26.2 Å². The molecular formula is C19H19N3O4. The van der Waals surface area contributed by atoms with Crippen molar-refractivity contribution < 1.29 is 14.5 Å². The summed E-state index contributed by atoms with van der Waals surface area (Å²) in [5, 5.41) is 13.5. The van der Waals surface area contributed by atoms with Crippen LogP contribution in [0, 0.1) is 10.1 Å². The first-order chi connectivity index (χ1) is 12.5. The van der Waals surface area contributed by atoms with Gasteiger partial charge in [0, 0.05) is 36.5 Å². The van der Waals surface area contributed by atoms with Crippen molar-refractivity contribution in [1.29, 1.82) is 0 Å². The molecule has 0 saturated heterocycles. The molecule has 0 fully saturated rings. The molecule has 0 bridgehead atoms. The molecule has 1 aliphatic heterocycles. The zero-order chi connectivity index (χ0) is 18.7. The first-order valence-corrected chi connectivity index (χ1v) is 8.44. The number of hydrogen-bond donors (Lipinski definition) is 1. The van der Waals surface area contributed by atoms with Gasteiger partial charge in [-0.1, -0.05) is 12.1 Å². The van der Waals surface area contributed by atoms with Gasteiger partial charge < -0.3 is 10.2 Å². The van der Waals surface area contributed by atoms with E-state index < -0.39 is 4.92 Å². The summed E-state index contributed by atoms with van der Waals surface area (Å²) in [5.74, 6) is -0.0759. The molecule has 2 amide bonds. The first kappa shape index (κ1) is 17.6. The van der Waals surface area contributed by atoms with E-state index in [1.807, 2.05) is 19.1 Å². The SMILES string of the molecule is CCN1C(=O)CCc2cc(NC(=O)Cc3ccc([N+](=O)[O-])cc3)ccc21. The molecule has 1 aliphatic rings. The monoisotopic (exact) mass is 353 g/mol. The van der Waals surface area contributed by atoms with E-state index in [1.54, 1.807) is 23.1 Å². The summed E-state index contributed by atoms with van der Waals surface area (Å²) in [4.78, 5) is 36.1. The lowest BCUT2D eigenvalue weighted by Gasteiger charge is -2.28. The summed E-state index contributed by atoms with van der Waals surface area (Å²) in [6.45, 7) is 2.56. The van der Waals surface area contributed by atoms with Crippen molar-refractivity contribution in [3.05, 3.63) is 63.7 Å². The van der Waals surface area contributed by atoms with E-state index in [9.17, 15) is 19.7 Å². The molecule has 0 atom stereocenters. The Morgan fingerprint density at radius 2 is 1.92 bits per heavy atom. The molecule has 0 spiro atoms. The number of amides is 2. The second-order valence-electron chi connectivity index (χ2n) is 6.13. The number of nitrogens with zero attached hydrogens (tertiary/aromatic N) is 2. The van der Waals surface area contributed by atoms with Crippen LogP contribution in [0.25, 0.3) is 0 Å². The fourth-order valence-electron chi connectivity index (χ4n) is 3.11. The summed E-state index contributed by atoms with van der Waals surface area (Å²) in [7, 11) is 0. The van der Waals surface area contributed by atoms with Gasteiger partial charge in [0.2, 0.25) is 11.8 Å². The van der Waals surface area contributed by atoms with Crippen molar-refractivity contribution in [2.24, 2.45) is 0 Å². The zero-order valence-corrected chi connectivity index (χ0v) is 14.4. The average Bonchev–Trinajstić information content (AvgIpc) is 2.62. The number of nitro benzene ring substituents is 1. The van der Waals surface area contributed by atoms with Crippen molar-refractivity contribution in [1.82, 2.24) is 0 Å². The van der Waals surface area contributed by atoms with Gasteiger partial charge in [-0.2, -0.15) is 0 Å². The second kappa shape index (κ2) is 7.35. The molecule has 0 aromatic heterocycles. The minimum atomic E-state index is -0.471. The van der Waals surface area contributed by atoms with Crippen LogP contribution in [0.3, 0.4) is 0 Å². The van der Waals surface area contributed by atoms with Gasteiger partial charge in [0.15, 0.2) is 0 Å². The Morgan fingerprint density at radius 1 is 1.19 bits per heavy atom. The van der Waals surface area contributed by atoms with Crippen LogP contribution in [0.2, 0.25) is 0 Å². The highest BCUT2D eigenvalue weighted by molar-refractivity contribution is 5.97. The van der Waals surface area contributed by atoms with Gasteiger partial charge in [-0.15, -0.1) is 0 Å². The molecule has 134 valence electrons. The molecule has 1 N–H and O–H groups in total. The Bertz CT molecular complexity index is 862. The Balaban J connectivity index is 1.68. The first-order valence-electron chi connectivity index (χ1n) is 8.44. The summed E-state index contributed by atoms with van der Waals surface area (Å²) < 4.78 is 0. The molecule has 1 heterocycles. The van der Waals surface area contributed by atoms with Gasteiger partial charge in [0.05, 0.1) is 11.3 Å². The van der Waals surface area contributed by atoms with E-state index in [0.29, 0.717) is 30.6 Å². The number of nitrogens with one attached hydrogen (secondary N) is 1. The van der Waals surface area contributed by atoms with E-state index in [1.165, 1.54) is 12.1 Å². The predicted molar refractivity (Wildman–Crippen MR) is 98.2 cm³/mol. The lowest BCUT2D eigenvalue weighted by Crippen LogP contribution is -2.34. The van der Waals surface area contributed by atoms with Crippen LogP contribution in [0.4, 0.5) is 17.1 Å². The number of aryl methyl sites for hydroxylation is 1. The number of carbonyl (C=O) groups is 2. The molecule has 0 aliphatic carbocycles. The van der Waals surface area contributed by atoms with Crippen LogP contribution in [0.5, 0.6) is 0 Å². The molecule has 3 rings (SSSR count). The maximum Gasteiger partial charge on any atom is 0.269 e.